The molecule has 0 radical (unpaired) electrons. The monoisotopic (exact) mass is 407 g/mol. The maximum Gasteiger partial charge on any atom is 0.401 e. The predicted octanol–water partition coefficient (Wildman–Crippen LogP) is 4.41. The van der Waals surface area contributed by atoms with E-state index in [9.17, 15) is 22.4 Å². The number of hydrogen-bond donors (Lipinski definition) is 1. The van der Waals surface area contributed by atoms with Crippen molar-refractivity contribution < 1.29 is 22.4 Å². The average Bonchev–Trinajstić information content (AvgIpc) is 3.22. The molecular weight excluding hydrogens is 386 g/mol. The third-order valence-corrected chi connectivity index (χ3v) is 5.90. The zero-order chi connectivity index (χ0) is 20.8. The lowest BCUT2D eigenvalue weighted by atomic mass is 9.93. The molecule has 1 amide bonds. The van der Waals surface area contributed by atoms with Gasteiger partial charge in [-0.2, -0.15) is 13.2 Å². The van der Waals surface area contributed by atoms with Crippen molar-refractivity contribution in [3.8, 4) is 11.1 Å². The van der Waals surface area contributed by atoms with Crippen LogP contribution in [0.2, 0.25) is 0 Å². The first-order valence-corrected chi connectivity index (χ1v) is 9.53. The van der Waals surface area contributed by atoms with Crippen LogP contribution in [-0.4, -0.2) is 41.1 Å². The maximum atomic E-state index is 13.5. The molecule has 29 heavy (non-hydrogen) atoms. The van der Waals surface area contributed by atoms with E-state index in [1.807, 2.05) is 13.0 Å². The second kappa shape index (κ2) is 7.40. The van der Waals surface area contributed by atoms with Crippen LogP contribution in [0, 0.1) is 24.6 Å². The number of likely N-dealkylation sites (tertiary alicyclic amines) is 1. The number of anilines is 1. The number of fused-ring (bicyclic) bond motifs is 2. The van der Waals surface area contributed by atoms with Gasteiger partial charge in [0.15, 0.2) is 0 Å². The maximum absolute atomic E-state index is 13.5. The summed E-state index contributed by atoms with van der Waals surface area (Å²) in [6, 6.07) is 6.57. The molecule has 3 atom stereocenters. The van der Waals surface area contributed by atoms with Gasteiger partial charge in [0.2, 0.25) is 5.91 Å². The molecule has 1 N–H and O–H groups in total. The van der Waals surface area contributed by atoms with Crippen LogP contribution in [0.25, 0.3) is 11.1 Å². The smallest absolute Gasteiger partial charge is 0.326 e. The number of nitrogens with one attached hydrogen (secondary N) is 1. The number of rotatable bonds is 4. The lowest BCUT2D eigenvalue weighted by Gasteiger charge is -2.31. The van der Waals surface area contributed by atoms with Gasteiger partial charge in [-0.25, -0.2) is 4.39 Å². The van der Waals surface area contributed by atoms with E-state index in [0.717, 1.165) is 17.3 Å². The molecule has 0 unspecified atom stereocenters. The van der Waals surface area contributed by atoms with Crippen LogP contribution in [-0.2, 0) is 4.79 Å². The number of amides is 1. The van der Waals surface area contributed by atoms with Crippen LogP contribution in [0.5, 0.6) is 0 Å². The number of hydrogen-bond acceptors (Lipinski definition) is 3. The number of halogens is 4. The average molecular weight is 407 g/mol. The standard InChI is InChI=1S/C21H21F4N3O/c1-12-2-3-16(6-18(12)13-4-15(22)9-26-8-13)27-20(29)19-7-17-5-14(19)10-28(17)11-21(23,24)25/h2-4,6,8-9,14,17,19H,5,7,10-11H2,1H3,(H,27,29)/t14-,17-,19+/m1/s1. The molecule has 1 aliphatic heterocycles. The fourth-order valence-electron chi connectivity index (χ4n) is 4.60. The second-order valence-corrected chi connectivity index (χ2v) is 7.95. The van der Waals surface area contributed by atoms with Crippen LogP contribution >= 0.6 is 0 Å². The van der Waals surface area contributed by atoms with Crippen LogP contribution in [0.3, 0.4) is 0 Å². The summed E-state index contributed by atoms with van der Waals surface area (Å²) < 4.78 is 51.5. The number of nitrogens with zero attached hydrogens (tertiary/aromatic N) is 2. The molecule has 1 aromatic heterocycles. The van der Waals surface area contributed by atoms with Crippen molar-refractivity contribution in [2.75, 3.05) is 18.4 Å². The molecule has 2 bridgehead atoms. The molecule has 1 saturated heterocycles. The van der Waals surface area contributed by atoms with Gasteiger partial charge in [-0.3, -0.25) is 14.7 Å². The van der Waals surface area contributed by atoms with Crippen molar-refractivity contribution in [3.63, 3.8) is 0 Å². The Bertz CT molecular complexity index is 930. The van der Waals surface area contributed by atoms with Gasteiger partial charge in [0.05, 0.1) is 12.7 Å². The normalized spacial score (nSPS) is 24.1. The minimum absolute atomic E-state index is 0.0558. The molecule has 4 rings (SSSR count). The van der Waals surface area contributed by atoms with Crippen molar-refractivity contribution in [1.82, 2.24) is 9.88 Å². The molecule has 2 aromatic rings. The van der Waals surface area contributed by atoms with E-state index in [-0.39, 0.29) is 23.8 Å². The Morgan fingerprint density at radius 2 is 2.03 bits per heavy atom. The Morgan fingerprint density at radius 1 is 1.24 bits per heavy atom. The summed E-state index contributed by atoms with van der Waals surface area (Å²) in [5.41, 5.74) is 2.87. The molecular formula is C21H21F4N3O. The molecule has 8 heteroatoms. The highest BCUT2D eigenvalue weighted by atomic mass is 19.4. The fourth-order valence-corrected chi connectivity index (χ4v) is 4.60. The van der Waals surface area contributed by atoms with E-state index in [4.69, 9.17) is 0 Å². The summed E-state index contributed by atoms with van der Waals surface area (Å²) in [7, 11) is 0. The minimum Gasteiger partial charge on any atom is -0.326 e. The Balaban J connectivity index is 1.45. The number of aromatic nitrogens is 1. The number of pyridine rings is 1. The lowest BCUT2D eigenvalue weighted by Crippen LogP contribution is -2.43. The number of piperidine rings is 1. The Morgan fingerprint density at radius 3 is 2.69 bits per heavy atom. The highest BCUT2D eigenvalue weighted by Crippen LogP contribution is 2.43. The van der Waals surface area contributed by atoms with Gasteiger partial charge in [0, 0.05) is 36.0 Å². The summed E-state index contributed by atoms with van der Waals surface area (Å²) in [5.74, 6) is -0.956. The summed E-state index contributed by atoms with van der Waals surface area (Å²) >= 11 is 0. The summed E-state index contributed by atoms with van der Waals surface area (Å²) in [5, 5.41) is 2.89. The molecule has 0 spiro atoms. The van der Waals surface area contributed by atoms with Crippen LogP contribution in [0.1, 0.15) is 18.4 Å². The SMILES string of the molecule is Cc1ccc(NC(=O)[C@H]2C[C@H]3C[C@@H]2CN3CC(F)(F)F)cc1-c1cncc(F)c1. The summed E-state index contributed by atoms with van der Waals surface area (Å²) in [4.78, 5) is 18.1. The zero-order valence-electron chi connectivity index (χ0n) is 15.8. The number of carbonyl (C=O) groups excluding carboxylic acids is 1. The third kappa shape index (κ3) is 4.27. The van der Waals surface area contributed by atoms with Gasteiger partial charge >= 0.3 is 6.18 Å². The Kier molecular flexibility index (Phi) is 5.06. The van der Waals surface area contributed by atoms with Gasteiger partial charge < -0.3 is 5.32 Å². The van der Waals surface area contributed by atoms with E-state index in [0.29, 0.717) is 30.6 Å². The zero-order valence-corrected chi connectivity index (χ0v) is 15.8. The highest BCUT2D eigenvalue weighted by molar-refractivity contribution is 5.94. The Hall–Kier alpha value is -2.48. The van der Waals surface area contributed by atoms with E-state index < -0.39 is 18.5 Å². The molecule has 4 nitrogen and oxygen atoms in total. The number of alkyl halides is 3. The van der Waals surface area contributed by atoms with Crippen LogP contribution in [0.4, 0.5) is 23.2 Å². The number of carbonyl (C=O) groups is 1. The fraction of sp³-hybridized carbons (Fsp3) is 0.429. The molecule has 1 aliphatic carbocycles. The van der Waals surface area contributed by atoms with Crippen molar-refractivity contribution >= 4 is 11.6 Å². The highest BCUT2D eigenvalue weighted by Gasteiger charge is 2.49. The van der Waals surface area contributed by atoms with Gasteiger partial charge in [-0.15, -0.1) is 0 Å². The van der Waals surface area contributed by atoms with Gasteiger partial charge in [-0.1, -0.05) is 6.07 Å². The first kappa shape index (κ1) is 19.8. The first-order chi connectivity index (χ1) is 13.7. The quantitative estimate of drug-likeness (QED) is 0.764. The minimum atomic E-state index is -4.22. The lowest BCUT2D eigenvalue weighted by molar-refractivity contribution is -0.150. The van der Waals surface area contributed by atoms with E-state index in [1.165, 1.54) is 11.0 Å². The van der Waals surface area contributed by atoms with Crippen molar-refractivity contribution in [3.05, 3.63) is 48.0 Å². The third-order valence-electron chi connectivity index (χ3n) is 5.90. The molecule has 2 fully saturated rings. The number of benzene rings is 1. The van der Waals surface area contributed by atoms with E-state index in [2.05, 4.69) is 10.3 Å². The van der Waals surface area contributed by atoms with E-state index >= 15 is 0 Å². The topological polar surface area (TPSA) is 45.2 Å². The molecule has 2 heterocycles. The van der Waals surface area contributed by atoms with Gasteiger partial charge in [0.25, 0.3) is 0 Å². The van der Waals surface area contributed by atoms with Crippen LogP contribution < -0.4 is 5.32 Å². The van der Waals surface area contributed by atoms with Gasteiger partial charge in [-0.05, 0) is 55.0 Å². The Labute approximate surface area is 165 Å². The van der Waals surface area contributed by atoms with Crippen molar-refractivity contribution in [2.45, 2.75) is 32.0 Å². The van der Waals surface area contributed by atoms with Crippen molar-refractivity contribution in [1.29, 1.82) is 0 Å². The largest absolute Gasteiger partial charge is 0.401 e. The summed E-state index contributed by atoms with van der Waals surface area (Å²) in [6.45, 7) is 1.28. The number of aryl methyl sites for hydroxylation is 1. The molecule has 154 valence electrons. The van der Waals surface area contributed by atoms with Gasteiger partial charge in [0.1, 0.15) is 5.82 Å². The van der Waals surface area contributed by atoms with Crippen LogP contribution in [0.15, 0.2) is 36.7 Å². The molecule has 1 saturated carbocycles. The molecule has 1 aromatic carbocycles. The predicted molar refractivity (Wildman–Crippen MR) is 101 cm³/mol. The van der Waals surface area contributed by atoms with E-state index in [1.54, 1.807) is 18.3 Å². The first-order valence-electron chi connectivity index (χ1n) is 9.53. The summed E-state index contributed by atoms with van der Waals surface area (Å²) in [6.07, 6.45) is -0.461. The van der Waals surface area contributed by atoms with Crippen molar-refractivity contribution in [2.24, 2.45) is 11.8 Å². The second-order valence-electron chi connectivity index (χ2n) is 7.95. The molecule has 2 aliphatic rings.